The molecule has 0 aliphatic carbocycles. The molecule has 1 aliphatic rings. The standard InChI is InChI=1S/C46H45F2N5O2/c1-4-10-42(34-12-7-6-8-13-34)51-45(54)37(28-49)26-32-16-22-39(23-17-32)53-25-9-14-36(30-53)33-18-20-35(21-19-33)43(11-5-2)52-46(55)38(29-50)27-40-41(47)24-15-31(3)44(40)48/h6-8,11-13,15-24,26-27,36,42H,4-5,9-10,14,25,30H2,1-3H3,(H,51,54)(H,52,55)/b37-26+,38-27+,43-11+/t36?,42-/m0/s1. The molecule has 2 N–H and O–H groups in total. The third-order valence-corrected chi connectivity index (χ3v) is 9.76. The van der Waals surface area contributed by atoms with Crippen molar-refractivity contribution >= 4 is 35.4 Å². The van der Waals surface area contributed by atoms with Gasteiger partial charge in [0.2, 0.25) is 0 Å². The summed E-state index contributed by atoms with van der Waals surface area (Å²) < 4.78 is 29.0. The van der Waals surface area contributed by atoms with Crippen LogP contribution in [0.2, 0.25) is 0 Å². The molecule has 2 atom stereocenters. The van der Waals surface area contributed by atoms with Crippen molar-refractivity contribution in [1.82, 2.24) is 10.6 Å². The number of aryl methyl sites for hydroxylation is 1. The van der Waals surface area contributed by atoms with Gasteiger partial charge in [0.25, 0.3) is 11.8 Å². The number of rotatable bonds is 13. The topological polar surface area (TPSA) is 109 Å². The molecule has 280 valence electrons. The van der Waals surface area contributed by atoms with Gasteiger partial charge in [-0.1, -0.05) is 99.1 Å². The van der Waals surface area contributed by atoms with Crippen molar-refractivity contribution in [3.8, 4) is 12.1 Å². The van der Waals surface area contributed by atoms with Crippen molar-refractivity contribution in [3.05, 3.63) is 153 Å². The third-order valence-electron chi connectivity index (χ3n) is 9.76. The highest BCUT2D eigenvalue weighted by Gasteiger charge is 2.23. The lowest BCUT2D eigenvalue weighted by Crippen LogP contribution is -2.34. The summed E-state index contributed by atoms with van der Waals surface area (Å²) in [5.74, 6) is -2.57. The van der Waals surface area contributed by atoms with E-state index in [1.165, 1.54) is 13.0 Å². The Labute approximate surface area is 322 Å². The molecule has 9 heteroatoms. The van der Waals surface area contributed by atoms with Crippen LogP contribution in [0.3, 0.4) is 0 Å². The molecule has 0 spiro atoms. The third kappa shape index (κ3) is 10.2. The van der Waals surface area contributed by atoms with Crippen molar-refractivity contribution in [2.24, 2.45) is 0 Å². The summed E-state index contributed by atoms with van der Waals surface area (Å²) in [6, 6.07) is 31.7. The lowest BCUT2D eigenvalue weighted by Gasteiger charge is -2.35. The van der Waals surface area contributed by atoms with Gasteiger partial charge in [-0.05, 0) is 90.8 Å². The number of benzene rings is 4. The smallest absolute Gasteiger partial charge is 0.266 e. The van der Waals surface area contributed by atoms with E-state index in [9.17, 15) is 28.9 Å². The normalized spacial score (nSPS) is 15.4. The molecule has 2 amide bonds. The molecule has 4 aromatic rings. The summed E-state index contributed by atoms with van der Waals surface area (Å²) in [5.41, 5.74) is 4.63. The molecule has 1 fully saturated rings. The van der Waals surface area contributed by atoms with Gasteiger partial charge in [0, 0.05) is 36.0 Å². The minimum absolute atomic E-state index is 0.0535. The molecule has 0 aromatic heterocycles. The number of nitrogens with one attached hydrogen (secondary N) is 2. The molecule has 0 saturated carbocycles. The van der Waals surface area contributed by atoms with E-state index < -0.39 is 34.6 Å². The molecule has 5 rings (SSSR count). The number of carbonyl (C=O) groups is 2. The second-order valence-corrected chi connectivity index (χ2v) is 13.6. The van der Waals surface area contributed by atoms with E-state index in [2.05, 4.69) is 28.5 Å². The zero-order valence-corrected chi connectivity index (χ0v) is 31.4. The van der Waals surface area contributed by atoms with Crippen molar-refractivity contribution in [2.45, 2.75) is 64.8 Å². The summed E-state index contributed by atoms with van der Waals surface area (Å²) in [7, 11) is 0. The largest absolute Gasteiger partial charge is 0.371 e. The van der Waals surface area contributed by atoms with Gasteiger partial charge in [0.15, 0.2) is 0 Å². The van der Waals surface area contributed by atoms with E-state index in [4.69, 9.17) is 0 Å². The van der Waals surface area contributed by atoms with Gasteiger partial charge < -0.3 is 15.5 Å². The first-order valence-electron chi connectivity index (χ1n) is 18.7. The van der Waals surface area contributed by atoms with Gasteiger partial charge in [0.05, 0.1) is 6.04 Å². The van der Waals surface area contributed by atoms with E-state index >= 15 is 0 Å². The maximum Gasteiger partial charge on any atom is 0.266 e. The molecule has 1 heterocycles. The van der Waals surface area contributed by atoms with Crippen molar-refractivity contribution < 1.29 is 18.4 Å². The molecule has 4 aromatic carbocycles. The number of carbonyl (C=O) groups excluding carboxylic acids is 2. The molecule has 1 saturated heterocycles. The van der Waals surface area contributed by atoms with Crippen LogP contribution < -0.4 is 15.5 Å². The van der Waals surface area contributed by atoms with Gasteiger partial charge in [-0.3, -0.25) is 9.59 Å². The Morgan fingerprint density at radius 2 is 1.58 bits per heavy atom. The highest BCUT2D eigenvalue weighted by Crippen LogP contribution is 2.31. The number of piperidine rings is 1. The Morgan fingerprint density at radius 3 is 2.24 bits per heavy atom. The molecular formula is C46H45F2N5O2. The average Bonchev–Trinajstić information content (AvgIpc) is 3.21. The number of halogens is 2. The van der Waals surface area contributed by atoms with E-state index in [-0.39, 0.29) is 23.1 Å². The minimum atomic E-state index is -0.857. The summed E-state index contributed by atoms with van der Waals surface area (Å²) in [6.07, 6.45) is 8.67. The van der Waals surface area contributed by atoms with Crippen LogP contribution in [-0.2, 0) is 9.59 Å². The molecule has 0 bridgehead atoms. The Kier molecular flexibility index (Phi) is 13.9. The average molecular weight is 738 g/mol. The van der Waals surface area contributed by atoms with Crippen LogP contribution in [0.5, 0.6) is 0 Å². The van der Waals surface area contributed by atoms with Crippen LogP contribution in [0.25, 0.3) is 17.8 Å². The molecular weight excluding hydrogens is 693 g/mol. The molecule has 7 nitrogen and oxygen atoms in total. The minimum Gasteiger partial charge on any atom is -0.371 e. The van der Waals surface area contributed by atoms with Crippen LogP contribution in [-0.4, -0.2) is 24.9 Å². The fourth-order valence-electron chi connectivity index (χ4n) is 6.79. The van der Waals surface area contributed by atoms with Crippen LogP contribution >= 0.6 is 0 Å². The zero-order chi connectivity index (χ0) is 39.3. The first kappa shape index (κ1) is 39.9. The quantitative estimate of drug-likeness (QED) is 0.105. The Bertz CT molecular complexity index is 2160. The first-order chi connectivity index (χ1) is 26.6. The van der Waals surface area contributed by atoms with Gasteiger partial charge in [-0.25, -0.2) is 8.78 Å². The lowest BCUT2D eigenvalue weighted by molar-refractivity contribution is -0.118. The number of anilines is 1. The van der Waals surface area contributed by atoms with Crippen LogP contribution in [0.4, 0.5) is 14.5 Å². The highest BCUT2D eigenvalue weighted by molar-refractivity contribution is 6.05. The number of hydrogen-bond acceptors (Lipinski definition) is 5. The summed E-state index contributed by atoms with van der Waals surface area (Å²) in [4.78, 5) is 28.6. The number of nitrogens with zero attached hydrogens (tertiary/aromatic N) is 3. The predicted octanol–water partition coefficient (Wildman–Crippen LogP) is 9.70. The van der Waals surface area contributed by atoms with E-state index in [1.807, 2.05) is 91.9 Å². The SMILES string of the molecule is CC/C=C(/NC(=O)/C(C#N)=C/c1c(F)ccc(C)c1F)c1ccc(C2CCCN(c3ccc(/C=C(\C#N)C(=O)N[C@@H](CCC)c4ccccc4)cc3)C2)cc1. The Balaban J connectivity index is 1.24. The van der Waals surface area contributed by atoms with Gasteiger partial charge in [-0.15, -0.1) is 0 Å². The Hall–Kier alpha value is -6.32. The van der Waals surface area contributed by atoms with E-state index in [0.717, 1.165) is 78.9 Å². The molecule has 1 unspecified atom stereocenters. The van der Waals surface area contributed by atoms with Crippen molar-refractivity contribution in [2.75, 3.05) is 18.0 Å². The first-order valence-corrected chi connectivity index (χ1v) is 18.7. The molecule has 55 heavy (non-hydrogen) atoms. The second kappa shape index (κ2) is 19.1. The predicted molar refractivity (Wildman–Crippen MR) is 214 cm³/mol. The fraction of sp³-hybridized carbons (Fsp3) is 0.261. The molecule has 1 aliphatic heterocycles. The summed E-state index contributed by atoms with van der Waals surface area (Å²) >= 11 is 0. The number of allylic oxidation sites excluding steroid dienone is 1. The highest BCUT2D eigenvalue weighted by atomic mass is 19.1. The van der Waals surface area contributed by atoms with Gasteiger partial charge in [0.1, 0.15) is 34.9 Å². The number of amides is 2. The number of hydrogen-bond donors (Lipinski definition) is 2. The summed E-state index contributed by atoms with van der Waals surface area (Å²) in [5, 5.41) is 25.3. The van der Waals surface area contributed by atoms with E-state index in [1.54, 1.807) is 12.1 Å². The van der Waals surface area contributed by atoms with Crippen LogP contribution in [0, 0.1) is 41.2 Å². The van der Waals surface area contributed by atoms with Crippen molar-refractivity contribution in [1.29, 1.82) is 10.5 Å². The van der Waals surface area contributed by atoms with Gasteiger partial charge >= 0.3 is 0 Å². The maximum absolute atomic E-state index is 14.6. The van der Waals surface area contributed by atoms with E-state index in [0.29, 0.717) is 12.1 Å². The molecule has 0 radical (unpaired) electrons. The zero-order valence-electron chi connectivity index (χ0n) is 31.4. The Morgan fingerprint density at radius 1 is 0.891 bits per heavy atom. The van der Waals surface area contributed by atoms with Crippen molar-refractivity contribution in [3.63, 3.8) is 0 Å². The van der Waals surface area contributed by atoms with Gasteiger partial charge in [-0.2, -0.15) is 10.5 Å². The van der Waals surface area contributed by atoms with Crippen LogP contribution in [0.1, 0.15) is 91.3 Å². The fourth-order valence-corrected chi connectivity index (χ4v) is 6.79. The lowest BCUT2D eigenvalue weighted by atomic mass is 9.89. The maximum atomic E-state index is 14.6. The summed E-state index contributed by atoms with van der Waals surface area (Å²) in [6.45, 7) is 7.17. The van der Waals surface area contributed by atoms with Crippen LogP contribution in [0.15, 0.2) is 108 Å². The monoisotopic (exact) mass is 737 g/mol. The number of nitriles is 2. The second-order valence-electron chi connectivity index (χ2n) is 13.6.